The number of aliphatic hydroxyl groups excluding tert-OH is 1. The Hall–Kier alpha value is -1.59. The molecule has 0 unspecified atom stereocenters. The topological polar surface area (TPSA) is 33.1 Å². The Morgan fingerprint density at radius 3 is 2.58 bits per heavy atom. The maximum atomic E-state index is 12.6. The van der Waals surface area contributed by atoms with Crippen LogP contribution in [0.2, 0.25) is 5.02 Å². The first-order valence-corrected chi connectivity index (χ1v) is 5.73. The highest BCUT2D eigenvalue weighted by atomic mass is 35.5. The van der Waals surface area contributed by atoms with Crippen molar-refractivity contribution >= 4 is 11.6 Å². The first kappa shape index (κ1) is 13.8. The third-order valence-corrected chi connectivity index (χ3v) is 3.02. The van der Waals surface area contributed by atoms with Crippen molar-refractivity contribution in [2.75, 3.05) is 0 Å². The molecule has 0 radical (unpaired) electrons. The van der Waals surface area contributed by atoms with Gasteiger partial charge in [-0.2, -0.15) is 13.2 Å². The molecule has 100 valence electrons. The van der Waals surface area contributed by atoms with E-state index in [-0.39, 0.29) is 22.9 Å². The number of hydrogen-bond donors (Lipinski definition) is 1. The van der Waals surface area contributed by atoms with E-state index in [2.05, 4.69) is 4.98 Å². The molecule has 1 heterocycles. The zero-order chi connectivity index (χ0) is 14.0. The van der Waals surface area contributed by atoms with Crippen LogP contribution < -0.4 is 0 Å². The highest BCUT2D eigenvalue weighted by Gasteiger charge is 2.30. The minimum absolute atomic E-state index is 0.157. The largest absolute Gasteiger partial charge is 0.416 e. The molecule has 0 saturated carbocycles. The van der Waals surface area contributed by atoms with Crippen LogP contribution in [0.3, 0.4) is 0 Å². The van der Waals surface area contributed by atoms with E-state index in [1.807, 2.05) is 0 Å². The third-order valence-electron chi connectivity index (χ3n) is 2.60. The Bertz CT molecular complexity index is 599. The summed E-state index contributed by atoms with van der Waals surface area (Å²) in [6.07, 6.45) is -3.02. The molecule has 19 heavy (non-hydrogen) atoms. The summed E-state index contributed by atoms with van der Waals surface area (Å²) in [7, 11) is 0. The van der Waals surface area contributed by atoms with Gasteiger partial charge in [-0.3, -0.25) is 4.98 Å². The molecular formula is C13H9ClF3NO. The maximum absolute atomic E-state index is 12.6. The van der Waals surface area contributed by atoms with E-state index in [1.165, 1.54) is 24.4 Å². The molecule has 0 atom stereocenters. The lowest BCUT2D eigenvalue weighted by molar-refractivity contribution is -0.137. The summed E-state index contributed by atoms with van der Waals surface area (Å²) in [6.45, 7) is -0.298. The lowest BCUT2D eigenvalue weighted by atomic mass is 10.1. The average Bonchev–Trinajstić information content (AvgIpc) is 2.38. The van der Waals surface area contributed by atoms with Crippen LogP contribution in [0.4, 0.5) is 13.2 Å². The van der Waals surface area contributed by atoms with Gasteiger partial charge in [0.1, 0.15) is 0 Å². The van der Waals surface area contributed by atoms with Gasteiger partial charge in [-0.05, 0) is 23.8 Å². The Morgan fingerprint density at radius 1 is 1.21 bits per heavy atom. The predicted molar refractivity (Wildman–Crippen MR) is 65.6 cm³/mol. The minimum Gasteiger partial charge on any atom is -0.392 e. The molecule has 0 aliphatic carbocycles. The third kappa shape index (κ3) is 2.88. The zero-order valence-corrected chi connectivity index (χ0v) is 10.3. The van der Waals surface area contributed by atoms with Crippen molar-refractivity contribution in [2.45, 2.75) is 12.8 Å². The van der Waals surface area contributed by atoms with Crippen LogP contribution in [0.5, 0.6) is 0 Å². The Labute approximate surface area is 112 Å². The summed E-state index contributed by atoms with van der Waals surface area (Å²) in [5.74, 6) is 0. The molecule has 1 aromatic heterocycles. The van der Waals surface area contributed by atoms with Crippen LogP contribution in [-0.2, 0) is 12.8 Å². The van der Waals surface area contributed by atoms with Crippen LogP contribution in [0.25, 0.3) is 11.3 Å². The second-order valence-electron chi connectivity index (χ2n) is 3.87. The monoisotopic (exact) mass is 287 g/mol. The van der Waals surface area contributed by atoms with E-state index in [0.717, 1.165) is 12.1 Å². The van der Waals surface area contributed by atoms with Crippen molar-refractivity contribution < 1.29 is 18.3 Å². The molecule has 0 aliphatic rings. The first-order valence-electron chi connectivity index (χ1n) is 5.35. The molecule has 2 rings (SSSR count). The SMILES string of the molecule is OCc1ccnc(-c2cccc(C(F)(F)F)c2)c1Cl. The van der Waals surface area contributed by atoms with Gasteiger partial charge in [-0.25, -0.2) is 0 Å². The molecule has 2 aromatic rings. The molecule has 0 bridgehead atoms. The number of halogens is 4. The Morgan fingerprint density at radius 2 is 1.95 bits per heavy atom. The fourth-order valence-electron chi connectivity index (χ4n) is 1.65. The second-order valence-corrected chi connectivity index (χ2v) is 4.25. The zero-order valence-electron chi connectivity index (χ0n) is 9.58. The van der Waals surface area contributed by atoms with Crippen molar-refractivity contribution in [2.24, 2.45) is 0 Å². The predicted octanol–water partition coefficient (Wildman–Crippen LogP) is 3.91. The van der Waals surface area contributed by atoms with Crippen LogP contribution >= 0.6 is 11.6 Å². The van der Waals surface area contributed by atoms with Gasteiger partial charge in [0.2, 0.25) is 0 Å². The summed E-state index contributed by atoms with van der Waals surface area (Å²) in [4.78, 5) is 3.97. The average molecular weight is 288 g/mol. The number of alkyl halides is 3. The van der Waals surface area contributed by atoms with Gasteiger partial charge in [0.05, 0.1) is 22.9 Å². The first-order chi connectivity index (χ1) is 8.93. The molecule has 0 saturated heterocycles. The number of benzene rings is 1. The second kappa shape index (κ2) is 5.19. The molecule has 1 aromatic carbocycles. The van der Waals surface area contributed by atoms with E-state index in [0.29, 0.717) is 5.56 Å². The van der Waals surface area contributed by atoms with E-state index in [1.54, 1.807) is 0 Å². The fourth-order valence-corrected chi connectivity index (χ4v) is 1.93. The Balaban J connectivity index is 2.54. The van der Waals surface area contributed by atoms with Crippen LogP contribution in [0.1, 0.15) is 11.1 Å². The smallest absolute Gasteiger partial charge is 0.392 e. The van der Waals surface area contributed by atoms with Crippen molar-refractivity contribution in [1.29, 1.82) is 0 Å². The van der Waals surface area contributed by atoms with Crippen LogP contribution in [-0.4, -0.2) is 10.1 Å². The summed E-state index contributed by atoms with van der Waals surface area (Å²) in [5.41, 5.74) is 0.135. The summed E-state index contributed by atoms with van der Waals surface area (Å²) < 4.78 is 37.9. The van der Waals surface area contributed by atoms with Crippen LogP contribution in [0.15, 0.2) is 36.5 Å². The number of pyridine rings is 1. The number of nitrogens with zero attached hydrogens (tertiary/aromatic N) is 1. The quantitative estimate of drug-likeness (QED) is 0.908. The van der Waals surface area contributed by atoms with Gasteiger partial charge >= 0.3 is 6.18 Å². The molecule has 0 aliphatic heterocycles. The standard InChI is InChI=1S/C13H9ClF3NO/c14-11-9(7-19)4-5-18-12(11)8-2-1-3-10(6-8)13(15,16)17/h1-6,19H,7H2. The van der Waals surface area contributed by atoms with Crippen molar-refractivity contribution in [3.8, 4) is 11.3 Å². The van der Waals surface area contributed by atoms with Crippen molar-refractivity contribution in [1.82, 2.24) is 4.98 Å². The number of aromatic nitrogens is 1. The summed E-state index contributed by atoms with van der Waals surface area (Å²) in [5, 5.41) is 9.24. The van der Waals surface area contributed by atoms with Crippen molar-refractivity contribution in [3.63, 3.8) is 0 Å². The van der Waals surface area contributed by atoms with E-state index in [4.69, 9.17) is 16.7 Å². The van der Waals surface area contributed by atoms with E-state index in [9.17, 15) is 13.2 Å². The Kier molecular flexibility index (Phi) is 3.78. The van der Waals surface area contributed by atoms with Crippen LogP contribution in [0, 0.1) is 0 Å². The number of aliphatic hydroxyl groups is 1. The molecule has 0 amide bonds. The van der Waals surface area contributed by atoms with Gasteiger partial charge in [0.15, 0.2) is 0 Å². The number of rotatable bonds is 2. The molecule has 6 heteroatoms. The van der Waals surface area contributed by atoms with Crippen molar-refractivity contribution in [3.05, 3.63) is 52.7 Å². The molecule has 0 spiro atoms. The highest BCUT2D eigenvalue weighted by molar-refractivity contribution is 6.33. The van der Waals surface area contributed by atoms with Gasteiger partial charge in [0.25, 0.3) is 0 Å². The van der Waals surface area contributed by atoms with Gasteiger partial charge < -0.3 is 5.11 Å². The molecule has 2 nitrogen and oxygen atoms in total. The van der Waals surface area contributed by atoms with Gasteiger partial charge in [-0.15, -0.1) is 0 Å². The summed E-state index contributed by atoms with van der Waals surface area (Å²) in [6, 6.07) is 6.26. The maximum Gasteiger partial charge on any atom is 0.416 e. The molecule has 0 fully saturated rings. The molecule has 1 N–H and O–H groups in total. The van der Waals surface area contributed by atoms with Gasteiger partial charge in [0, 0.05) is 11.8 Å². The summed E-state index contributed by atoms with van der Waals surface area (Å²) >= 11 is 6.01. The highest BCUT2D eigenvalue weighted by Crippen LogP contribution is 2.34. The lowest BCUT2D eigenvalue weighted by Crippen LogP contribution is -2.04. The fraction of sp³-hybridized carbons (Fsp3) is 0.154. The van der Waals surface area contributed by atoms with E-state index >= 15 is 0 Å². The van der Waals surface area contributed by atoms with E-state index < -0.39 is 11.7 Å². The van der Waals surface area contributed by atoms with Gasteiger partial charge in [-0.1, -0.05) is 23.7 Å². The lowest BCUT2D eigenvalue weighted by Gasteiger charge is -2.10. The number of hydrogen-bond acceptors (Lipinski definition) is 2. The minimum atomic E-state index is -4.42. The molecular weight excluding hydrogens is 279 g/mol. The normalized spacial score (nSPS) is 11.6.